The van der Waals surface area contributed by atoms with Gasteiger partial charge >= 0.3 is 0 Å². The Labute approximate surface area is 139 Å². The van der Waals surface area contributed by atoms with Gasteiger partial charge in [0.05, 0.1) is 5.75 Å². The molecule has 0 radical (unpaired) electrons. The second-order valence-electron chi connectivity index (χ2n) is 5.06. The van der Waals surface area contributed by atoms with Crippen LogP contribution in [-0.4, -0.2) is 21.9 Å². The van der Waals surface area contributed by atoms with E-state index < -0.39 is 0 Å². The van der Waals surface area contributed by atoms with E-state index in [-0.39, 0.29) is 5.91 Å². The molecule has 0 bridgehead atoms. The SMILES string of the molecule is CCCCCc1nnc(NC(=O)CSc2ccccc2C)s1. The number of carbonyl (C=O) groups excluding carboxylic acids is 1. The number of nitrogens with zero attached hydrogens (tertiary/aromatic N) is 2. The summed E-state index contributed by atoms with van der Waals surface area (Å²) in [6.45, 7) is 4.23. The number of benzene rings is 1. The number of amides is 1. The molecule has 0 aliphatic rings. The van der Waals surface area contributed by atoms with Gasteiger partial charge in [0.1, 0.15) is 5.01 Å². The maximum absolute atomic E-state index is 12.0. The lowest BCUT2D eigenvalue weighted by atomic mass is 10.2. The van der Waals surface area contributed by atoms with Crippen LogP contribution >= 0.6 is 23.1 Å². The molecule has 1 aromatic carbocycles. The van der Waals surface area contributed by atoms with Crippen molar-refractivity contribution in [3.8, 4) is 0 Å². The van der Waals surface area contributed by atoms with Crippen LogP contribution in [0.4, 0.5) is 5.13 Å². The van der Waals surface area contributed by atoms with Crippen LogP contribution in [0.1, 0.15) is 36.8 Å². The summed E-state index contributed by atoms with van der Waals surface area (Å²) in [6, 6.07) is 8.07. The van der Waals surface area contributed by atoms with Crippen molar-refractivity contribution in [2.24, 2.45) is 0 Å². The van der Waals surface area contributed by atoms with Crippen molar-refractivity contribution < 1.29 is 4.79 Å². The second kappa shape index (κ2) is 8.90. The van der Waals surface area contributed by atoms with E-state index >= 15 is 0 Å². The summed E-state index contributed by atoms with van der Waals surface area (Å²) in [4.78, 5) is 13.1. The van der Waals surface area contributed by atoms with Crippen molar-refractivity contribution in [3.05, 3.63) is 34.8 Å². The third-order valence-electron chi connectivity index (χ3n) is 3.16. The molecule has 2 aromatic rings. The van der Waals surface area contributed by atoms with Crippen molar-refractivity contribution in [2.75, 3.05) is 11.1 Å². The molecule has 0 fully saturated rings. The first-order chi connectivity index (χ1) is 10.7. The van der Waals surface area contributed by atoms with E-state index in [0.29, 0.717) is 10.9 Å². The van der Waals surface area contributed by atoms with Gasteiger partial charge in [0.15, 0.2) is 0 Å². The zero-order chi connectivity index (χ0) is 15.8. The van der Waals surface area contributed by atoms with Crippen LogP contribution in [0, 0.1) is 6.92 Å². The highest BCUT2D eigenvalue weighted by Crippen LogP contribution is 2.22. The van der Waals surface area contributed by atoms with Gasteiger partial charge in [-0.3, -0.25) is 10.1 Å². The van der Waals surface area contributed by atoms with Gasteiger partial charge < -0.3 is 0 Å². The molecule has 0 saturated heterocycles. The standard InChI is InChI=1S/C16H21N3OS2/c1-3-4-5-10-15-18-19-16(22-15)17-14(20)11-21-13-9-7-6-8-12(13)2/h6-9H,3-5,10-11H2,1-2H3,(H,17,19,20). The van der Waals surface area contributed by atoms with Gasteiger partial charge in [0.2, 0.25) is 11.0 Å². The molecule has 1 N–H and O–H groups in total. The lowest BCUT2D eigenvalue weighted by molar-refractivity contribution is -0.113. The Kier molecular flexibility index (Phi) is 6.86. The minimum Gasteiger partial charge on any atom is -0.300 e. The molecule has 1 amide bonds. The molecular weight excluding hydrogens is 314 g/mol. The average Bonchev–Trinajstić information content (AvgIpc) is 2.94. The van der Waals surface area contributed by atoms with E-state index in [1.165, 1.54) is 29.7 Å². The van der Waals surface area contributed by atoms with Crippen molar-refractivity contribution in [1.82, 2.24) is 10.2 Å². The van der Waals surface area contributed by atoms with Crippen LogP contribution in [0.3, 0.4) is 0 Å². The summed E-state index contributed by atoms with van der Waals surface area (Å²) in [5.74, 6) is 0.347. The first kappa shape index (κ1) is 17.0. The van der Waals surface area contributed by atoms with E-state index in [0.717, 1.165) is 22.7 Å². The fraction of sp³-hybridized carbons (Fsp3) is 0.438. The van der Waals surface area contributed by atoms with Crippen LogP contribution in [-0.2, 0) is 11.2 Å². The molecule has 1 heterocycles. The van der Waals surface area contributed by atoms with E-state index in [1.807, 2.05) is 31.2 Å². The van der Waals surface area contributed by atoms with Gasteiger partial charge in [-0.05, 0) is 25.0 Å². The molecular formula is C16H21N3OS2. The number of hydrogen-bond donors (Lipinski definition) is 1. The van der Waals surface area contributed by atoms with Crippen molar-refractivity contribution in [1.29, 1.82) is 0 Å². The summed E-state index contributed by atoms with van der Waals surface area (Å²) in [6.07, 6.45) is 4.47. The molecule has 118 valence electrons. The zero-order valence-electron chi connectivity index (χ0n) is 13.0. The maximum atomic E-state index is 12.0. The number of anilines is 1. The maximum Gasteiger partial charge on any atom is 0.236 e. The molecule has 4 nitrogen and oxygen atoms in total. The molecule has 0 unspecified atom stereocenters. The number of aryl methyl sites for hydroxylation is 2. The topological polar surface area (TPSA) is 54.9 Å². The molecule has 0 saturated carbocycles. The van der Waals surface area contributed by atoms with Crippen LogP contribution in [0.25, 0.3) is 0 Å². The van der Waals surface area contributed by atoms with Gasteiger partial charge in [-0.25, -0.2) is 0 Å². The monoisotopic (exact) mass is 335 g/mol. The fourth-order valence-electron chi connectivity index (χ4n) is 1.95. The molecule has 0 atom stereocenters. The number of rotatable bonds is 8. The Balaban J connectivity index is 1.78. The highest BCUT2D eigenvalue weighted by atomic mass is 32.2. The Morgan fingerprint density at radius 2 is 2.09 bits per heavy atom. The molecule has 1 aromatic heterocycles. The predicted molar refractivity (Wildman–Crippen MR) is 93.7 cm³/mol. The lowest BCUT2D eigenvalue weighted by Gasteiger charge is -2.04. The van der Waals surface area contributed by atoms with Crippen molar-refractivity contribution in [3.63, 3.8) is 0 Å². The molecule has 2 rings (SSSR count). The molecule has 22 heavy (non-hydrogen) atoms. The minimum atomic E-state index is -0.0375. The number of unbranched alkanes of at least 4 members (excludes halogenated alkanes) is 2. The molecule has 0 spiro atoms. The highest BCUT2D eigenvalue weighted by Gasteiger charge is 2.09. The van der Waals surface area contributed by atoms with Crippen LogP contribution in [0.2, 0.25) is 0 Å². The molecule has 6 heteroatoms. The van der Waals surface area contributed by atoms with Gasteiger partial charge in [-0.15, -0.1) is 22.0 Å². The van der Waals surface area contributed by atoms with Crippen LogP contribution < -0.4 is 5.32 Å². The van der Waals surface area contributed by atoms with Gasteiger partial charge in [0.25, 0.3) is 0 Å². The number of carbonyl (C=O) groups is 1. The molecule has 0 aliphatic heterocycles. The number of thioether (sulfide) groups is 1. The van der Waals surface area contributed by atoms with Crippen molar-refractivity contribution >= 4 is 34.1 Å². The summed E-state index contributed by atoms with van der Waals surface area (Å²) in [5.41, 5.74) is 1.19. The van der Waals surface area contributed by atoms with Crippen molar-refractivity contribution in [2.45, 2.75) is 44.4 Å². The Morgan fingerprint density at radius 1 is 1.27 bits per heavy atom. The summed E-state index contributed by atoms with van der Waals surface area (Å²) in [5, 5.41) is 12.6. The number of aromatic nitrogens is 2. The number of hydrogen-bond acceptors (Lipinski definition) is 5. The van der Waals surface area contributed by atoms with E-state index in [4.69, 9.17) is 0 Å². The minimum absolute atomic E-state index is 0.0375. The third kappa shape index (κ3) is 5.42. The Morgan fingerprint density at radius 3 is 2.86 bits per heavy atom. The second-order valence-corrected chi connectivity index (χ2v) is 7.14. The third-order valence-corrected chi connectivity index (χ3v) is 5.23. The first-order valence-corrected chi connectivity index (χ1v) is 9.30. The number of nitrogens with one attached hydrogen (secondary N) is 1. The largest absolute Gasteiger partial charge is 0.300 e. The van der Waals surface area contributed by atoms with Gasteiger partial charge in [-0.1, -0.05) is 49.3 Å². The normalized spacial score (nSPS) is 10.6. The smallest absolute Gasteiger partial charge is 0.236 e. The van der Waals surface area contributed by atoms with Crippen LogP contribution in [0.5, 0.6) is 0 Å². The quantitative estimate of drug-likeness (QED) is 0.577. The molecule has 0 aliphatic carbocycles. The van der Waals surface area contributed by atoms with E-state index in [9.17, 15) is 4.79 Å². The van der Waals surface area contributed by atoms with E-state index in [2.05, 4.69) is 22.4 Å². The summed E-state index contributed by atoms with van der Waals surface area (Å²) >= 11 is 3.02. The Hall–Kier alpha value is -1.40. The zero-order valence-corrected chi connectivity index (χ0v) is 14.6. The first-order valence-electron chi connectivity index (χ1n) is 7.49. The Bertz CT molecular complexity index is 613. The average molecular weight is 335 g/mol. The highest BCUT2D eigenvalue weighted by molar-refractivity contribution is 8.00. The lowest BCUT2D eigenvalue weighted by Crippen LogP contribution is -2.13. The summed E-state index contributed by atoms with van der Waals surface area (Å²) in [7, 11) is 0. The van der Waals surface area contributed by atoms with E-state index in [1.54, 1.807) is 11.8 Å². The summed E-state index contributed by atoms with van der Waals surface area (Å²) < 4.78 is 0. The fourth-order valence-corrected chi connectivity index (χ4v) is 3.58. The predicted octanol–water partition coefficient (Wildman–Crippen LogP) is 4.31. The van der Waals surface area contributed by atoms with Gasteiger partial charge in [-0.2, -0.15) is 0 Å². The van der Waals surface area contributed by atoms with Gasteiger partial charge in [0, 0.05) is 11.3 Å². The van der Waals surface area contributed by atoms with Crippen LogP contribution in [0.15, 0.2) is 29.2 Å².